The van der Waals surface area contributed by atoms with E-state index in [9.17, 15) is 9.18 Å². The van der Waals surface area contributed by atoms with Crippen molar-refractivity contribution in [3.8, 4) is 0 Å². The summed E-state index contributed by atoms with van der Waals surface area (Å²) in [5, 5.41) is 2.72. The number of amides is 1. The topological polar surface area (TPSA) is 61.6 Å². The van der Waals surface area contributed by atoms with Gasteiger partial charge in [-0.3, -0.25) is 4.79 Å². The molecule has 0 aliphatic carbocycles. The highest BCUT2D eigenvalue weighted by Crippen LogP contribution is 2.23. The number of halogens is 1. The van der Waals surface area contributed by atoms with Gasteiger partial charge in [0.1, 0.15) is 5.82 Å². The third kappa shape index (κ3) is 3.91. The highest BCUT2D eigenvalue weighted by Gasteiger charge is 2.19. The number of piperazine rings is 1. The predicted octanol–water partition coefficient (Wildman–Crippen LogP) is 2.80. The second kappa shape index (κ2) is 7.53. The smallest absolute Gasteiger partial charge is 0.255 e. The number of nitrogens with one attached hydrogen (secondary N) is 1. The number of anilines is 3. The number of nitrogens with two attached hydrogens (primary N) is 1. The number of hydrogen-bond acceptors (Lipinski definition) is 4. The van der Waals surface area contributed by atoms with Gasteiger partial charge in [0, 0.05) is 31.7 Å². The monoisotopic (exact) mass is 342 g/mol. The van der Waals surface area contributed by atoms with Crippen LogP contribution in [0.1, 0.15) is 17.3 Å². The van der Waals surface area contributed by atoms with E-state index in [1.54, 1.807) is 36.4 Å². The lowest BCUT2D eigenvalue weighted by molar-refractivity contribution is 0.102. The van der Waals surface area contributed by atoms with Crippen LogP contribution in [0.25, 0.3) is 0 Å². The van der Waals surface area contributed by atoms with Crippen LogP contribution in [0, 0.1) is 5.82 Å². The number of carbonyl (C=O) groups excluding carboxylic acids is 1. The summed E-state index contributed by atoms with van der Waals surface area (Å²) in [6.45, 7) is 6.56. The van der Waals surface area contributed by atoms with Crippen molar-refractivity contribution in [1.82, 2.24) is 4.90 Å². The molecule has 0 aromatic heterocycles. The van der Waals surface area contributed by atoms with Gasteiger partial charge in [-0.25, -0.2) is 4.39 Å². The SMILES string of the molecule is CCN1CCN(c2ccc(C(=O)Nc3ccccc3N)cc2F)CC1. The average Bonchev–Trinajstić information content (AvgIpc) is 2.63. The number of hydrogen-bond donors (Lipinski definition) is 2. The molecule has 2 aromatic carbocycles. The van der Waals surface area contributed by atoms with Crippen molar-refractivity contribution in [2.45, 2.75) is 6.92 Å². The second-order valence-corrected chi connectivity index (χ2v) is 6.13. The summed E-state index contributed by atoms with van der Waals surface area (Å²) in [5.41, 5.74) is 7.64. The van der Waals surface area contributed by atoms with Crippen LogP contribution >= 0.6 is 0 Å². The van der Waals surface area contributed by atoms with Gasteiger partial charge in [-0.15, -0.1) is 0 Å². The lowest BCUT2D eigenvalue weighted by atomic mass is 10.1. The van der Waals surface area contributed by atoms with Crippen LogP contribution in [-0.2, 0) is 0 Å². The Balaban J connectivity index is 1.71. The van der Waals surface area contributed by atoms with Crippen molar-refractivity contribution < 1.29 is 9.18 Å². The van der Waals surface area contributed by atoms with E-state index in [-0.39, 0.29) is 17.3 Å². The zero-order chi connectivity index (χ0) is 17.8. The molecule has 132 valence electrons. The van der Waals surface area contributed by atoms with Crippen LogP contribution in [0.3, 0.4) is 0 Å². The molecule has 0 saturated carbocycles. The van der Waals surface area contributed by atoms with Gasteiger partial charge in [0.05, 0.1) is 17.1 Å². The number of benzene rings is 2. The molecule has 1 aliphatic heterocycles. The van der Waals surface area contributed by atoms with E-state index in [0.717, 1.165) is 32.7 Å². The van der Waals surface area contributed by atoms with Gasteiger partial charge < -0.3 is 20.9 Å². The molecule has 0 unspecified atom stereocenters. The van der Waals surface area contributed by atoms with Crippen LogP contribution in [0.2, 0.25) is 0 Å². The number of likely N-dealkylation sites (N-methyl/N-ethyl adjacent to an activating group) is 1. The second-order valence-electron chi connectivity index (χ2n) is 6.13. The fourth-order valence-electron chi connectivity index (χ4n) is 3.01. The van der Waals surface area contributed by atoms with Crippen molar-refractivity contribution in [3.05, 3.63) is 53.8 Å². The minimum atomic E-state index is -0.376. The molecule has 6 heteroatoms. The predicted molar refractivity (Wildman–Crippen MR) is 99.5 cm³/mol. The van der Waals surface area contributed by atoms with Gasteiger partial charge in [-0.2, -0.15) is 0 Å². The molecule has 2 aromatic rings. The largest absolute Gasteiger partial charge is 0.397 e. The van der Waals surface area contributed by atoms with Crippen LogP contribution in [0.4, 0.5) is 21.5 Å². The number of carbonyl (C=O) groups is 1. The Morgan fingerprint density at radius 3 is 2.52 bits per heavy atom. The van der Waals surface area contributed by atoms with E-state index in [0.29, 0.717) is 17.1 Å². The molecule has 3 rings (SSSR count). The summed E-state index contributed by atoms with van der Waals surface area (Å²) in [5.74, 6) is -0.752. The lowest BCUT2D eigenvalue weighted by Gasteiger charge is -2.35. The molecule has 0 spiro atoms. The van der Waals surface area contributed by atoms with Crippen LogP contribution in [-0.4, -0.2) is 43.5 Å². The van der Waals surface area contributed by atoms with Crippen LogP contribution in [0.15, 0.2) is 42.5 Å². The summed E-state index contributed by atoms with van der Waals surface area (Å²) >= 11 is 0. The first kappa shape index (κ1) is 17.2. The summed E-state index contributed by atoms with van der Waals surface area (Å²) in [6, 6.07) is 11.6. The molecule has 0 atom stereocenters. The molecule has 1 amide bonds. The molecule has 5 nitrogen and oxygen atoms in total. The Morgan fingerprint density at radius 1 is 1.16 bits per heavy atom. The van der Waals surface area contributed by atoms with Crippen molar-refractivity contribution in [1.29, 1.82) is 0 Å². The fourth-order valence-corrected chi connectivity index (χ4v) is 3.01. The number of nitrogens with zero attached hydrogens (tertiary/aromatic N) is 2. The molecule has 0 bridgehead atoms. The molecule has 1 fully saturated rings. The van der Waals surface area contributed by atoms with E-state index in [1.165, 1.54) is 6.07 Å². The van der Waals surface area contributed by atoms with Gasteiger partial charge in [-0.05, 0) is 36.9 Å². The fraction of sp³-hybridized carbons (Fsp3) is 0.316. The van der Waals surface area contributed by atoms with Crippen molar-refractivity contribution >= 4 is 23.0 Å². The highest BCUT2D eigenvalue weighted by atomic mass is 19.1. The highest BCUT2D eigenvalue weighted by molar-refractivity contribution is 6.05. The summed E-state index contributed by atoms with van der Waals surface area (Å²) in [6.07, 6.45) is 0. The minimum absolute atomic E-state index is 0.275. The van der Waals surface area contributed by atoms with Crippen molar-refractivity contribution in [2.75, 3.05) is 48.7 Å². The summed E-state index contributed by atoms with van der Waals surface area (Å²) in [4.78, 5) is 16.7. The Kier molecular flexibility index (Phi) is 5.19. The van der Waals surface area contributed by atoms with E-state index < -0.39 is 0 Å². The van der Waals surface area contributed by atoms with Gasteiger partial charge in [0.15, 0.2) is 0 Å². The van der Waals surface area contributed by atoms with Crippen LogP contribution in [0.5, 0.6) is 0 Å². The first-order valence-corrected chi connectivity index (χ1v) is 8.51. The van der Waals surface area contributed by atoms with E-state index in [1.807, 2.05) is 4.90 Å². The number of para-hydroxylation sites is 2. The standard InChI is InChI=1S/C19H23FN4O/c1-2-23-9-11-24(12-10-23)18-8-7-14(13-15(18)20)19(25)22-17-6-4-3-5-16(17)21/h3-8,13H,2,9-12,21H2,1H3,(H,22,25). The maximum Gasteiger partial charge on any atom is 0.255 e. The maximum atomic E-state index is 14.5. The zero-order valence-electron chi connectivity index (χ0n) is 14.3. The number of rotatable bonds is 4. The van der Waals surface area contributed by atoms with E-state index in [2.05, 4.69) is 17.1 Å². The average molecular weight is 342 g/mol. The molecule has 1 heterocycles. The van der Waals surface area contributed by atoms with Gasteiger partial charge in [0.25, 0.3) is 5.91 Å². The summed E-state index contributed by atoms with van der Waals surface area (Å²) < 4.78 is 14.5. The normalized spacial score (nSPS) is 15.2. The zero-order valence-corrected chi connectivity index (χ0v) is 14.3. The third-order valence-corrected chi connectivity index (χ3v) is 4.58. The lowest BCUT2D eigenvalue weighted by Crippen LogP contribution is -2.46. The minimum Gasteiger partial charge on any atom is -0.397 e. The van der Waals surface area contributed by atoms with Gasteiger partial charge >= 0.3 is 0 Å². The maximum absolute atomic E-state index is 14.5. The molecule has 3 N–H and O–H groups in total. The van der Waals surface area contributed by atoms with Gasteiger partial charge in [0.2, 0.25) is 0 Å². The van der Waals surface area contributed by atoms with E-state index in [4.69, 9.17) is 5.73 Å². The first-order chi connectivity index (χ1) is 12.1. The Morgan fingerprint density at radius 2 is 1.88 bits per heavy atom. The molecule has 0 radical (unpaired) electrons. The molecular formula is C19H23FN4O. The Bertz CT molecular complexity index is 757. The first-order valence-electron chi connectivity index (χ1n) is 8.51. The molecule has 1 aliphatic rings. The van der Waals surface area contributed by atoms with Crippen molar-refractivity contribution in [3.63, 3.8) is 0 Å². The van der Waals surface area contributed by atoms with Crippen LogP contribution < -0.4 is 16.0 Å². The van der Waals surface area contributed by atoms with E-state index >= 15 is 0 Å². The Hall–Kier alpha value is -2.60. The van der Waals surface area contributed by atoms with Crippen molar-refractivity contribution in [2.24, 2.45) is 0 Å². The Labute approximate surface area is 147 Å². The molecule has 1 saturated heterocycles. The molecular weight excluding hydrogens is 319 g/mol. The third-order valence-electron chi connectivity index (χ3n) is 4.58. The summed E-state index contributed by atoms with van der Waals surface area (Å²) in [7, 11) is 0. The molecule has 25 heavy (non-hydrogen) atoms. The van der Waals surface area contributed by atoms with Gasteiger partial charge in [-0.1, -0.05) is 19.1 Å². The quantitative estimate of drug-likeness (QED) is 0.839. The number of nitrogen functional groups attached to an aromatic ring is 1.